The largest absolute Gasteiger partial charge is 0.347 e. The number of aryl methyl sites for hydroxylation is 1. The van der Waals surface area contributed by atoms with Crippen molar-refractivity contribution in [2.24, 2.45) is 0 Å². The number of nitrogens with one attached hydrogen (secondary N) is 1. The van der Waals surface area contributed by atoms with Gasteiger partial charge in [0, 0.05) is 23.0 Å². The van der Waals surface area contributed by atoms with E-state index in [4.69, 9.17) is 0 Å². The van der Waals surface area contributed by atoms with Gasteiger partial charge in [-0.25, -0.2) is 0 Å². The molecule has 3 rings (SSSR count). The summed E-state index contributed by atoms with van der Waals surface area (Å²) in [6.07, 6.45) is 6.96. The van der Waals surface area contributed by atoms with Crippen molar-refractivity contribution in [2.45, 2.75) is 58.4 Å². The van der Waals surface area contributed by atoms with Crippen molar-refractivity contribution in [3.8, 4) is 0 Å². The van der Waals surface area contributed by atoms with Gasteiger partial charge in [0.15, 0.2) is 0 Å². The van der Waals surface area contributed by atoms with Crippen LogP contribution in [-0.2, 0) is 19.3 Å². The van der Waals surface area contributed by atoms with Gasteiger partial charge in [0.25, 0.3) is 5.91 Å². The third kappa shape index (κ3) is 3.78. The van der Waals surface area contributed by atoms with Gasteiger partial charge in [0.1, 0.15) is 0 Å². The average Bonchev–Trinajstić information content (AvgIpc) is 2.86. The summed E-state index contributed by atoms with van der Waals surface area (Å²) in [6, 6.07) is 3.88. The number of rotatable bonds is 3. The van der Waals surface area contributed by atoms with E-state index >= 15 is 0 Å². The van der Waals surface area contributed by atoms with E-state index in [9.17, 15) is 4.79 Å². The van der Waals surface area contributed by atoms with Crippen molar-refractivity contribution in [1.82, 2.24) is 15.5 Å². The molecule has 1 N–H and O–H groups in total. The molecule has 122 valence electrons. The molecule has 2 aromatic heterocycles. The summed E-state index contributed by atoms with van der Waals surface area (Å²) in [7, 11) is 0. The molecule has 2 aromatic rings. The Bertz CT molecular complexity index is 701. The maximum absolute atomic E-state index is 12.8. The third-order valence-corrected chi connectivity index (χ3v) is 5.29. The van der Waals surface area contributed by atoms with E-state index in [2.05, 4.69) is 15.5 Å². The maximum Gasteiger partial charge on any atom is 0.262 e. The summed E-state index contributed by atoms with van der Waals surface area (Å²) in [6.45, 7) is 6.04. The second-order valence-electron chi connectivity index (χ2n) is 7.11. The van der Waals surface area contributed by atoms with Crippen LogP contribution in [0.4, 0.5) is 0 Å². The second kappa shape index (κ2) is 6.40. The lowest BCUT2D eigenvalue weighted by Gasteiger charge is -2.20. The second-order valence-corrected chi connectivity index (χ2v) is 8.22. The molecule has 0 unspecified atom stereocenters. The number of aromatic nitrogens is 2. The summed E-state index contributed by atoms with van der Waals surface area (Å²) in [5, 5.41) is 11.3. The van der Waals surface area contributed by atoms with Gasteiger partial charge in [-0.05, 0) is 69.7 Å². The molecule has 0 fully saturated rings. The summed E-state index contributed by atoms with van der Waals surface area (Å²) >= 11 is 1.67. The van der Waals surface area contributed by atoms with Crippen LogP contribution in [0.15, 0.2) is 18.3 Å². The van der Waals surface area contributed by atoms with Crippen LogP contribution in [0, 0.1) is 0 Å². The molecule has 0 aliphatic heterocycles. The first kappa shape index (κ1) is 16.1. The van der Waals surface area contributed by atoms with E-state index in [-0.39, 0.29) is 11.4 Å². The van der Waals surface area contributed by atoms with Crippen LogP contribution in [0.25, 0.3) is 0 Å². The highest BCUT2D eigenvalue weighted by molar-refractivity contribution is 7.14. The predicted molar refractivity (Wildman–Crippen MR) is 93.0 cm³/mol. The molecule has 0 saturated heterocycles. The van der Waals surface area contributed by atoms with Crippen molar-refractivity contribution in [3.63, 3.8) is 0 Å². The molecule has 4 nitrogen and oxygen atoms in total. The van der Waals surface area contributed by atoms with E-state index in [0.29, 0.717) is 6.42 Å². The highest BCUT2D eigenvalue weighted by atomic mass is 32.1. The molecule has 1 aliphatic carbocycles. The molecule has 1 amide bonds. The lowest BCUT2D eigenvalue weighted by atomic mass is 9.92. The minimum absolute atomic E-state index is 0.0378. The number of nitrogens with zero attached hydrogens (tertiary/aromatic N) is 2. The van der Waals surface area contributed by atoms with E-state index < -0.39 is 0 Å². The third-order valence-electron chi connectivity index (χ3n) is 3.96. The first-order valence-electron chi connectivity index (χ1n) is 8.16. The smallest absolute Gasteiger partial charge is 0.262 e. The fourth-order valence-corrected chi connectivity index (χ4v) is 4.31. The molecule has 0 spiro atoms. The molecular formula is C18H23N3OS. The Morgan fingerprint density at radius 3 is 2.78 bits per heavy atom. The molecule has 0 saturated carbocycles. The van der Waals surface area contributed by atoms with Crippen molar-refractivity contribution in [1.29, 1.82) is 0 Å². The Labute approximate surface area is 141 Å². The zero-order valence-corrected chi connectivity index (χ0v) is 14.8. The van der Waals surface area contributed by atoms with Crippen molar-refractivity contribution >= 4 is 17.2 Å². The van der Waals surface area contributed by atoms with Gasteiger partial charge in [0.05, 0.1) is 10.6 Å². The molecule has 1 aliphatic rings. The van der Waals surface area contributed by atoms with Crippen LogP contribution in [0.1, 0.15) is 65.0 Å². The maximum atomic E-state index is 12.8. The van der Waals surface area contributed by atoms with Gasteiger partial charge in [-0.1, -0.05) is 0 Å². The van der Waals surface area contributed by atoms with Crippen LogP contribution >= 0.6 is 11.3 Å². The van der Waals surface area contributed by atoms with Crippen LogP contribution in [0.2, 0.25) is 0 Å². The lowest BCUT2D eigenvalue weighted by molar-refractivity contribution is 0.0923. The standard InChI is InChI=1S/C18H23N3OS/c1-18(2,3)20-17(22)16-14(11-12-7-6-10-19-21-12)13-8-4-5-9-15(13)23-16/h6-7,10H,4-5,8-9,11H2,1-3H3,(H,20,22). The van der Waals surface area contributed by atoms with E-state index in [1.165, 1.54) is 23.3 Å². The molecule has 0 bridgehead atoms. The fraction of sp³-hybridized carbons (Fsp3) is 0.500. The Hall–Kier alpha value is -1.75. The highest BCUT2D eigenvalue weighted by Gasteiger charge is 2.26. The molecule has 0 atom stereocenters. The molecule has 0 aromatic carbocycles. The average molecular weight is 329 g/mol. The number of amides is 1. The number of thiophene rings is 1. The Kier molecular flexibility index (Phi) is 4.48. The zero-order valence-electron chi connectivity index (χ0n) is 14.0. The molecule has 5 heteroatoms. The van der Waals surface area contributed by atoms with Crippen molar-refractivity contribution in [2.75, 3.05) is 0 Å². The van der Waals surface area contributed by atoms with Crippen molar-refractivity contribution < 1.29 is 4.79 Å². The monoisotopic (exact) mass is 329 g/mol. The van der Waals surface area contributed by atoms with Crippen LogP contribution in [-0.4, -0.2) is 21.6 Å². The minimum Gasteiger partial charge on any atom is -0.347 e. The summed E-state index contributed by atoms with van der Waals surface area (Å²) in [5.41, 5.74) is 3.23. The fourth-order valence-electron chi connectivity index (χ4n) is 3.01. The SMILES string of the molecule is CC(C)(C)NC(=O)c1sc2c(c1Cc1cccnn1)CCCC2. The number of hydrogen-bond acceptors (Lipinski definition) is 4. The molecular weight excluding hydrogens is 306 g/mol. The zero-order chi connectivity index (χ0) is 16.4. The van der Waals surface area contributed by atoms with Gasteiger partial charge < -0.3 is 5.32 Å². The van der Waals surface area contributed by atoms with E-state index in [0.717, 1.165) is 29.0 Å². The van der Waals surface area contributed by atoms with Gasteiger partial charge in [-0.2, -0.15) is 10.2 Å². The molecule has 23 heavy (non-hydrogen) atoms. The number of carbonyl (C=O) groups is 1. The number of hydrogen-bond donors (Lipinski definition) is 1. The van der Waals surface area contributed by atoms with Crippen LogP contribution in [0.5, 0.6) is 0 Å². The normalized spacial score (nSPS) is 14.4. The predicted octanol–water partition coefficient (Wildman–Crippen LogP) is 3.54. The Morgan fingerprint density at radius 1 is 1.30 bits per heavy atom. The van der Waals surface area contributed by atoms with E-state index in [1.807, 2.05) is 32.9 Å². The van der Waals surface area contributed by atoms with Gasteiger partial charge >= 0.3 is 0 Å². The first-order chi connectivity index (χ1) is 10.9. The lowest BCUT2D eigenvalue weighted by Crippen LogP contribution is -2.40. The highest BCUT2D eigenvalue weighted by Crippen LogP contribution is 2.35. The Balaban J connectivity index is 1.98. The minimum atomic E-state index is -0.231. The summed E-state index contributed by atoms with van der Waals surface area (Å²) in [4.78, 5) is 15.0. The molecule has 0 radical (unpaired) electrons. The van der Waals surface area contributed by atoms with Crippen LogP contribution < -0.4 is 5.32 Å². The topological polar surface area (TPSA) is 54.9 Å². The van der Waals surface area contributed by atoms with Gasteiger partial charge in [-0.3, -0.25) is 4.79 Å². The van der Waals surface area contributed by atoms with Crippen molar-refractivity contribution in [3.05, 3.63) is 44.9 Å². The van der Waals surface area contributed by atoms with Crippen LogP contribution in [0.3, 0.4) is 0 Å². The van der Waals surface area contributed by atoms with E-state index in [1.54, 1.807) is 17.5 Å². The van der Waals surface area contributed by atoms with Gasteiger partial charge in [0.2, 0.25) is 0 Å². The summed E-state index contributed by atoms with van der Waals surface area (Å²) < 4.78 is 0. The first-order valence-corrected chi connectivity index (χ1v) is 8.98. The summed E-state index contributed by atoms with van der Waals surface area (Å²) in [5.74, 6) is 0.0378. The molecule has 2 heterocycles. The number of fused-ring (bicyclic) bond motifs is 1. The number of carbonyl (C=O) groups excluding carboxylic acids is 1. The Morgan fingerprint density at radius 2 is 2.09 bits per heavy atom. The quantitative estimate of drug-likeness (QED) is 0.937. The van der Waals surface area contributed by atoms with Gasteiger partial charge in [-0.15, -0.1) is 11.3 Å².